The fraction of sp³-hybridized carbons (Fsp3) is 0.111. The summed E-state index contributed by atoms with van der Waals surface area (Å²) < 4.78 is 0. The normalized spacial score (nSPS) is 10.7. The summed E-state index contributed by atoms with van der Waals surface area (Å²) in [4.78, 5) is 32.0. The van der Waals surface area contributed by atoms with Gasteiger partial charge in [-0.05, 0) is 37.3 Å². The Morgan fingerprint density at radius 2 is 2.04 bits per heavy atom. The molecule has 0 saturated carbocycles. The zero-order valence-corrected chi connectivity index (χ0v) is 15.5. The number of thiazole rings is 1. The van der Waals surface area contributed by atoms with Gasteiger partial charge in [0, 0.05) is 34.5 Å². The van der Waals surface area contributed by atoms with Gasteiger partial charge in [-0.2, -0.15) is 0 Å². The number of aldehydes is 1. The highest BCUT2D eigenvalue weighted by molar-refractivity contribution is 7.17. The van der Waals surface area contributed by atoms with E-state index in [0.717, 1.165) is 11.8 Å². The quantitative estimate of drug-likeness (QED) is 0.567. The molecule has 2 aromatic heterocycles. The highest BCUT2D eigenvalue weighted by Crippen LogP contribution is 2.37. The lowest BCUT2D eigenvalue weighted by Gasteiger charge is -2.02. The predicted molar refractivity (Wildman–Crippen MR) is 101 cm³/mol. The molecular formula is C18H12Cl2N2O2S. The van der Waals surface area contributed by atoms with Crippen LogP contribution in [0.25, 0.3) is 21.8 Å². The van der Waals surface area contributed by atoms with E-state index in [9.17, 15) is 9.59 Å². The third kappa shape index (κ3) is 3.95. The summed E-state index contributed by atoms with van der Waals surface area (Å²) >= 11 is 13.4. The van der Waals surface area contributed by atoms with Crippen LogP contribution in [0.15, 0.2) is 36.5 Å². The molecular weight excluding hydrogens is 379 g/mol. The van der Waals surface area contributed by atoms with Gasteiger partial charge in [-0.1, -0.05) is 23.2 Å². The Labute approximate surface area is 158 Å². The molecule has 0 saturated heterocycles. The van der Waals surface area contributed by atoms with Gasteiger partial charge in [0.25, 0.3) is 0 Å². The van der Waals surface area contributed by atoms with Gasteiger partial charge in [-0.25, -0.2) is 4.98 Å². The first kappa shape index (κ1) is 17.7. The lowest BCUT2D eigenvalue weighted by molar-refractivity contribution is -0.116. The van der Waals surface area contributed by atoms with Crippen LogP contribution in [-0.4, -0.2) is 22.0 Å². The molecule has 0 bridgehead atoms. The van der Waals surface area contributed by atoms with Crippen LogP contribution in [-0.2, 0) is 11.2 Å². The Kier molecular flexibility index (Phi) is 5.27. The lowest BCUT2D eigenvalue weighted by atomic mass is 10.1. The van der Waals surface area contributed by atoms with E-state index in [1.165, 1.54) is 18.3 Å². The summed E-state index contributed by atoms with van der Waals surface area (Å²) in [5.41, 5.74) is 2.63. The number of pyridine rings is 1. The van der Waals surface area contributed by atoms with E-state index < -0.39 is 0 Å². The van der Waals surface area contributed by atoms with Crippen LogP contribution in [0.2, 0.25) is 10.0 Å². The number of Topliss-reactive ketones (excluding diaryl/α,β-unsaturated/α-hetero) is 1. The smallest absolute Gasteiger partial charge is 0.162 e. The molecule has 4 nitrogen and oxygen atoms in total. The van der Waals surface area contributed by atoms with E-state index in [-0.39, 0.29) is 12.2 Å². The Morgan fingerprint density at radius 3 is 2.72 bits per heavy atom. The van der Waals surface area contributed by atoms with Gasteiger partial charge in [-0.3, -0.25) is 14.6 Å². The third-order valence-electron chi connectivity index (χ3n) is 3.44. The Bertz CT molecular complexity index is 969. The summed E-state index contributed by atoms with van der Waals surface area (Å²) in [6.07, 6.45) is 2.65. The molecule has 0 unspecified atom stereocenters. The van der Waals surface area contributed by atoms with Gasteiger partial charge in [0.2, 0.25) is 0 Å². The van der Waals surface area contributed by atoms with Crippen LogP contribution >= 0.6 is 34.5 Å². The standard InChI is InChI=1S/C18H12Cl2N2O2S/c1-10(24)6-13-7-11(4-5-21-13)18-22-17(16(9-23)25-18)14-3-2-12(19)8-15(14)20/h2-5,7-9H,6H2,1H3. The molecule has 126 valence electrons. The van der Waals surface area contributed by atoms with Crippen LogP contribution in [0.1, 0.15) is 22.3 Å². The second kappa shape index (κ2) is 7.44. The summed E-state index contributed by atoms with van der Waals surface area (Å²) in [6, 6.07) is 8.66. The largest absolute Gasteiger partial charge is 0.300 e. The minimum absolute atomic E-state index is 0.0333. The number of carbonyl (C=O) groups is 2. The van der Waals surface area contributed by atoms with Crippen molar-refractivity contribution in [2.75, 3.05) is 0 Å². The van der Waals surface area contributed by atoms with Crippen molar-refractivity contribution in [3.63, 3.8) is 0 Å². The van der Waals surface area contributed by atoms with Crippen LogP contribution in [0.3, 0.4) is 0 Å². The Balaban J connectivity index is 2.07. The number of rotatable bonds is 5. The number of hydrogen-bond donors (Lipinski definition) is 0. The Morgan fingerprint density at radius 1 is 1.24 bits per heavy atom. The maximum absolute atomic E-state index is 11.5. The molecule has 0 aliphatic rings. The number of nitrogens with zero attached hydrogens (tertiary/aromatic N) is 2. The van der Waals surface area contributed by atoms with Crippen molar-refractivity contribution < 1.29 is 9.59 Å². The third-order valence-corrected chi connectivity index (χ3v) is 5.02. The van der Waals surface area contributed by atoms with Gasteiger partial charge in [0.05, 0.1) is 15.6 Å². The average Bonchev–Trinajstić information content (AvgIpc) is 2.98. The van der Waals surface area contributed by atoms with Crippen molar-refractivity contribution in [3.8, 4) is 21.8 Å². The molecule has 0 atom stereocenters. The average molecular weight is 391 g/mol. The van der Waals surface area contributed by atoms with Crippen molar-refractivity contribution >= 4 is 46.6 Å². The fourth-order valence-corrected chi connectivity index (χ4v) is 3.76. The van der Waals surface area contributed by atoms with E-state index in [1.54, 1.807) is 30.5 Å². The molecule has 2 heterocycles. The van der Waals surface area contributed by atoms with Gasteiger partial charge >= 0.3 is 0 Å². The van der Waals surface area contributed by atoms with E-state index >= 15 is 0 Å². The van der Waals surface area contributed by atoms with Gasteiger partial charge < -0.3 is 0 Å². The molecule has 0 aliphatic carbocycles. The second-order valence-corrected chi connectivity index (χ2v) is 7.26. The van der Waals surface area contributed by atoms with Crippen molar-refractivity contribution in [1.29, 1.82) is 0 Å². The topological polar surface area (TPSA) is 59.9 Å². The molecule has 7 heteroatoms. The lowest BCUT2D eigenvalue weighted by Crippen LogP contribution is -1.98. The molecule has 1 aromatic carbocycles. The van der Waals surface area contributed by atoms with Gasteiger partial charge in [0.15, 0.2) is 6.29 Å². The van der Waals surface area contributed by atoms with Crippen molar-refractivity contribution in [2.24, 2.45) is 0 Å². The zero-order chi connectivity index (χ0) is 18.0. The molecule has 0 radical (unpaired) electrons. The first-order chi connectivity index (χ1) is 12.0. The van der Waals surface area contributed by atoms with Gasteiger partial charge in [0.1, 0.15) is 10.8 Å². The van der Waals surface area contributed by atoms with E-state index in [2.05, 4.69) is 9.97 Å². The Hall–Kier alpha value is -2.08. The summed E-state index contributed by atoms with van der Waals surface area (Å²) in [7, 11) is 0. The monoisotopic (exact) mass is 390 g/mol. The minimum Gasteiger partial charge on any atom is -0.300 e. The first-order valence-corrected chi connectivity index (χ1v) is 8.91. The SMILES string of the molecule is CC(=O)Cc1cc(-c2nc(-c3ccc(Cl)cc3Cl)c(C=O)s2)ccn1. The van der Waals surface area contributed by atoms with Crippen LogP contribution < -0.4 is 0 Å². The van der Waals surface area contributed by atoms with Crippen LogP contribution in [0.5, 0.6) is 0 Å². The fourth-order valence-electron chi connectivity index (χ4n) is 2.37. The number of aromatic nitrogens is 2. The van der Waals surface area contributed by atoms with Crippen LogP contribution in [0.4, 0.5) is 0 Å². The molecule has 3 aromatic rings. The number of halogens is 2. The predicted octanol–water partition coefficient (Wildman–Crippen LogP) is 5.12. The molecule has 3 rings (SSSR count). The highest BCUT2D eigenvalue weighted by Gasteiger charge is 2.17. The second-order valence-electron chi connectivity index (χ2n) is 5.39. The highest BCUT2D eigenvalue weighted by atomic mass is 35.5. The molecule has 0 N–H and O–H groups in total. The number of carbonyl (C=O) groups excluding carboxylic acids is 2. The number of ketones is 1. The summed E-state index contributed by atoms with van der Waals surface area (Å²) in [5, 5.41) is 1.61. The maximum atomic E-state index is 11.5. The summed E-state index contributed by atoms with van der Waals surface area (Å²) in [5.74, 6) is 0.0333. The van der Waals surface area contributed by atoms with Crippen molar-refractivity contribution in [1.82, 2.24) is 9.97 Å². The molecule has 25 heavy (non-hydrogen) atoms. The first-order valence-electron chi connectivity index (χ1n) is 7.34. The summed E-state index contributed by atoms with van der Waals surface area (Å²) in [6.45, 7) is 1.52. The number of hydrogen-bond acceptors (Lipinski definition) is 5. The molecule has 0 aliphatic heterocycles. The van der Waals surface area contributed by atoms with Crippen molar-refractivity contribution in [2.45, 2.75) is 13.3 Å². The maximum Gasteiger partial charge on any atom is 0.162 e. The molecule has 0 amide bonds. The van der Waals surface area contributed by atoms with Gasteiger partial charge in [-0.15, -0.1) is 11.3 Å². The molecule has 0 spiro atoms. The van der Waals surface area contributed by atoms with E-state index in [1.807, 2.05) is 6.07 Å². The van der Waals surface area contributed by atoms with Crippen molar-refractivity contribution in [3.05, 3.63) is 57.1 Å². The van der Waals surface area contributed by atoms with E-state index in [4.69, 9.17) is 23.2 Å². The number of benzene rings is 1. The minimum atomic E-state index is 0.0333. The molecule has 0 fully saturated rings. The van der Waals surface area contributed by atoms with E-state index in [0.29, 0.717) is 36.9 Å². The zero-order valence-electron chi connectivity index (χ0n) is 13.1. The van der Waals surface area contributed by atoms with Crippen LogP contribution in [0, 0.1) is 0 Å².